The Bertz CT molecular complexity index is 746. The molecule has 0 radical (unpaired) electrons. The number of carbonyl (C=O) groups is 1. The average molecular weight is 266 g/mol. The number of aromatic amines is 1. The zero-order chi connectivity index (χ0) is 13.9. The molecule has 0 saturated heterocycles. The van der Waals surface area contributed by atoms with Crippen LogP contribution in [0.1, 0.15) is 11.4 Å². The van der Waals surface area contributed by atoms with Crippen molar-refractivity contribution in [3.05, 3.63) is 54.2 Å². The molecule has 0 aliphatic rings. The molecule has 3 rings (SSSR count). The number of amides is 1. The van der Waals surface area contributed by atoms with Gasteiger partial charge in [-0.15, -0.1) is 0 Å². The number of fused-ring (bicyclic) bond motifs is 1. The van der Waals surface area contributed by atoms with Gasteiger partial charge in [-0.2, -0.15) is 0 Å². The normalized spacial score (nSPS) is 10.7. The van der Waals surface area contributed by atoms with Gasteiger partial charge in [0.25, 0.3) is 0 Å². The van der Waals surface area contributed by atoms with Gasteiger partial charge in [-0.1, -0.05) is 12.1 Å². The van der Waals surface area contributed by atoms with Crippen LogP contribution in [0.15, 0.2) is 42.9 Å². The molecule has 3 aromatic rings. The Labute approximate surface area is 116 Å². The molecule has 100 valence electrons. The predicted octanol–water partition coefficient (Wildman–Crippen LogP) is 2.45. The second-order valence-electron chi connectivity index (χ2n) is 4.64. The van der Waals surface area contributed by atoms with Gasteiger partial charge < -0.3 is 10.3 Å². The van der Waals surface area contributed by atoms with Crippen LogP contribution in [0.2, 0.25) is 0 Å². The highest BCUT2D eigenvalue weighted by atomic mass is 16.1. The summed E-state index contributed by atoms with van der Waals surface area (Å²) in [5.74, 6) is 0.601. The van der Waals surface area contributed by atoms with Crippen LogP contribution in [0.3, 0.4) is 0 Å². The maximum atomic E-state index is 12.0. The Balaban J connectivity index is 1.70. The highest BCUT2D eigenvalue weighted by Crippen LogP contribution is 2.15. The lowest BCUT2D eigenvalue weighted by atomic mass is 10.1. The summed E-state index contributed by atoms with van der Waals surface area (Å²) >= 11 is 0. The number of nitrogens with one attached hydrogen (secondary N) is 2. The molecule has 5 heteroatoms. The van der Waals surface area contributed by atoms with Gasteiger partial charge in [-0.25, -0.2) is 9.97 Å². The van der Waals surface area contributed by atoms with Crippen molar-refractivity contribution in [2.24, 2.45) is 0 Å². The van der Waals surface area contributed by atoms with Crippen LogP contribution in [-0.4, -0.2) is 20.9 Å². The van der Waals surface area contributed by atoms with Gasteiger partial charge in [-0.05, 0) is 30.0 Å². The van der Waals surface area contributed by atoms with Crippen molar-refractivity contribution in [3.63, 3.8) is 0 Å². The van der Waals surface area contributed by atoms with E-state index in [9.17, 15) is 4.79 Å². The zero-order valence-corrected chi connectivity index (χ0v) is 11.1. The lowest BCUT2D eigenvalue weighted by Gasteiger charge is -2.05. The van der Waals surface area contributed by atoms with Gasteiger partial charge in [0, 0.05) is 11.7 Å². The fourth-order valence-corrected chi connectivity index (χ4v) is 2.05. The zero-order valence-electron chi connectivity index (χ0n) is 11.1. The molecule has 0 bridgehead atoms. The number of hydrogen-bond acceptors (Lipinski definition) is 3. The summed E-state index contributed by atoms with van der Waals surface area (Å²) in [6.45, 7) is 1.80. The third kappa shape index (κ3) is 2.66. The van der Waals surface area contributed by atoms with E-state index >= 15 is 0 Å². The van der Waals surface area contributed by atoms with Crippen molar-refractivity contribution in [2.45, 2.75) is 13.3 Å². The first-order valence-electron chi connectivity index (χ1n) is 6.35. The molecule has 0 fully saturated rings. The van der Waals surface area contributed by atoms with Crippen molar-refractivity contribution in [2.75, 3.05) is 5.32 Å². The fraction of sp³-hybridized carbons (Fsp3) is 0.133. The summed E-state index contributed by atoms with van der Waals surface area (Å²) < 4.78 is 0. The van der Waals surface area contributed by atoms with Crippen LogP contribution in [0.25, 0.3) is 10.9 Å². The van der Waals surface area contributed by atoms with E-state index in [-0.39, 0.29) is 5.91 Å². The summed E-state index contributed by atoms with van der Waals surface area (Å²) in [7, 11) is 0. The topological polar surface area (TPSA) is 70.7 Å². The minimum absolute atomic E-state index is 0.0802. The maximum absolute atomic E-state index is 12.0. The molecule has 1 amide bonds. The van der Waals surface area contributed by atoms with Crippen LogP contribution in [0.4, 0.5) is 5.69 Å². The van der Waals surface area contributed by atoms with Crippen molar-refractivity contribution in [1.29, 1.82) is 0 Å². The number of rotatable bonds is 3. The van der Waals surface area contributed by atoms with Gasteiger partial charge in [0.15, 0.2) is 0 Å². The predicted molar refractivity (Wildman–Crippen MR) is 77.4 cm³/mol. The van der Waals surface area contributed by atoms with Crippen LogP contribution < -0.4 is 5.32 Å². The second kappa shape index (κ2) is 5.13. The first-order valence-corrected chi connectivity index (χ1v) is 6.35. The van der Waals surface area contributed by atoms with Crippen LogP contribution in [0.5, 0.6) is 0 Å². The SMILES string of the molecule is Cc1ncc(NC(=O)Cc2ccc3cc[nH]c3c2)cn1. The van der Waals surface area contributed by atoms with Crippen molar-refractivity contribution >= 4 is 22.5 Å². The molecular formula is C15H14N4O. The number of aryl methyl sites for hydroxylation is 1. The Morgan fingerprint density at radius 1 is 1.25 bits per heavy atom. The summed E-state index contributed by atoms with van der Waals surface area (Å²) in [6.07, 6.45) is 5.42. The molecule has 5 nitrogen and oxygen atoms in total. The molecule has 2 heterocycles. The smallest absolute Gasteiger partial charge is 0.228 e. The van der Waals surface area contributed by atoms with E-state index in [1.807, 2.05) is 30.5 Å². The monoisotopic (exact) mass is 266 g/mol. The number of nitrogens with zero attached hydrogens (tertiary/aromatic N) is 2. The largest absolute Gasteiger partial charge is 0.361 e. The van der Waals surface area contributed by atoms with Gasteiger partial charge in [0.1, 0.15) is 5.82 Å². The molecular weight excluding hydrogens is 252 g/mol. The van der Waals surface area contributed by atoms with Crippen LogP contribution in [-0.2, 0) is 11.2 Å². The summed E-state index contributed by atoms with van der Waals surface area (Å²) in [5.41, 5.74) is 2.61. The Morgan fingerprint density at radius 3 is 2.85 bits per heavy atom. The molecule has 2 N–H and O–H groups in total. The van der Waals surface area contributed by atoms with Crippen LogP contribution >= 0.6 is 0 Å². The third-order valence-electron chi connectivity index (χ3n) is 3.05. The molecule has 20 heavy (non-hydrogen) atoms. The van der Waals surface area contributed by atoms with Gasteiger partial charge in [0.2, 0.25) is 5.91 Å². The maximum Gasteiger partial charge on any atom is 0.228 e. The van der Waals surface area contributed by atoms with E-state index < -0.39 is 0 Å². The molecule has 0 aliphatic carbocycles. The van der Waals surface area contributed by atoms with Crippen LogP contribution in [0, 0.1) is 6.92 Å². The van der Waals surface area contributed by atoms with Gasteiger partial charge in [0.05, 0.1) is 24.5 Å². The molecule has 0 unspecified atom stereocenters. The standard InChI is InChI=1S/C15H14N4O/c1-10-17-8-13(9-18-10)19-15(20)7-11-2-3-12-4-5-16-14(12)6-11/h2-6,8-9,16H,7H2,1H3,(H,19,20). The molecule has 2 aromatic heterocycles. The van der Waals surface area contributed by atoms with Gasteiger partial charge in [-0.3, -0.25) is 4.79 Å². The number of hydrogen-bond donors (Lipinski definition) is 2. The van der Waals surface area contributed by atoms with Crippen molar-refractivity contribution < 1.29 is 4.79 Å². The number of H-pyrrole nitrogens is 1. The number of anilines is 1. The number of aromatic nitrogens is 3. The number of benzene rings is 1. The molecule has 0 saturated carbocycles. The average Bonchev–Trinajstić information content (AvgIpc) is 2.89. The van der Waals surface area contributed by atoms with Crippen molar-refractivity contribution in [3.8, 4) is 0 Å². The van der Waals surface area contributed by atoms with E-state index in [0.717, 1.165) is 16.5 Å². The Kier molecular flexibility index (Phi) is 3.16. The minimum Gasteiger partial charge on any atom is -0.361 e. The van der Waals surface area contributed by atoms with E-state index in [1.165, 1.54) is 0 Å². The molecule has 0 aliphatic heterocycles. The summed E-state index contributed by atoms with van der Waals surface area (Å²) in [5, 5.41) is 3.93. The minimum atomic E-state index is -0.0802. The van der Waals surface area contributed by atoms with E-state index in [1.54, 1.807) is 19.3 Å². The fourth-order valence-electron chi connectivity index (χ4n) is 2.05. The van der Waals surface area contributed by atoms with Gasteiger partial charge >= 0.3 is 0 Å². The third-order valence-corrected chi connectivity index (χ3v) is 3.05. The first-order chi connectivity index (χ1) is 9.70. The van der Waals surface area contributed by atoms with E-state index in [0.29, 0.717) is 17.9 Å². The Hall–Kier alpha value is -2.69. The summed E-state index contributed by atoms with van der Waals surface area (Å²) in [6, 6.07) is 7.95. The quantitative estimate of drug-likeness (QED) is 0.765. The highest BCUT2D eigenvalue weighted by Gasteiger charge is 2.06. The number of carbonyl (C=O) groups excluding carboxylic acids is 1. The Morgan fingerprint density at radius 2 is 2.05 bits per heavy atom. The lowest BCUT2D eigenvalue weighted by Crippen LogP contribution is -2.14. The van der Waals surface area contributed by atoms with Crippen molar-refractivity contribution in [1.82, 2.24) is 15.0 Å². The molecule has 0 spiro atoms. The lowest BCUT2D eigenvalue weighted by molar-refractivity contribution is -0.115. The molecule has 1 aromatic carbocycles. The second-order valence-corrected chi connectivity index (χ2v) is 4.64. The van der Waals surface area contributed by atoms with E-state index in [4.69, 9.17) is 0 Å². The van der Waals surface area contributed by atoms with E-state index in [2.05, 4.69) is 20.3 Å². The highest BCUT2D eigenvalue weighted by molar-refractivity contribution is 5.92. The molecule has 0 atom stereocenters. The summed E-state index contributed by atoms with van der Waals surface area (Å²) in [4.78, 5) is 23.2. The first kappa shape index (κ1) is 12.3.